The lowest BCUT2D eigenvalue weighted by atomic mass is 10.0. The summed E-state index contributed by atoms with van der Waals surface area (Å²) >= 11 is 0. The third-order valence-corrected chi connectivity index (χ3v) is 2.37. The molecule has 0 saturated heterocycles. The van der Waals surface area contributed by atoms with Gasteiger partial charge in [0.25, 0.3) is 0 Å². The minimum atomic E-state index is -0.500. The van der Waals surface area contributed by atoms with E-state index < -0.39 is 5.82 Å². The van der Waals surface area contributed by atoms with Crippen LogP contribution in [0.4, 0.5) is 4.39 Å². The molecule has 0 atom stereocenters. The van der Waals surface area contributed by atoms with Crippen LogP contribution >= 0.6 is 0 Å². The molecule has 3 heteroatoms. The summed E-state index contributed by atoms with van der Waals surface area (Å²) in [5.41, 5.74) is 2.58. The highest BCUT2D eigenvalue weighted by atomic mass is 19.1. The Morgan fingerprint density at radius 3 is 2.81 bits per heavy atom. The number of hydrogen-bond donors (Lipinski definition) is 0. The van der Waals surface area contributed by atoms with Gasteiger partial charge in [-0.15, -0.1) is 0 Å². The highest BCUT2D eigenvalue weighted by Crippen LogP contribution is 2.22. The van der Waals surface area contributed by atoms with E-state index in [0.29, 0.717) is 0 Å². The number of nitrogens with zero attached hydrogens (tertiary/aromatic N) is 2. The zero-order valence-electron chi connectivity index (χ0n) is 8.74. The van der Waals surface area contributed by atoms with E-state index in [1.165, 1.54) is 12.1 Å². The molecule has 0 spiro atoms. The average molecular weight is 212 g/mol. The van der Waals surface area contributed by atoms with Gasteiger partial charge in [-0.05, 0) is 36.8 Å². The van der Waals surface area contributed by atoms with Gasteiger partial charge in [0.1, 0.15) is 11.9 Å². The SMILES string of the molecule is Cc1cccnc1-c1ccc(F)c(C#N)c1. The Bertz CT molecular complexity index is 570. The molecule has 2 rings (SSSR count). The molecule has 1 heterocycles. The van der Waals surface area contributed by atoms with E-state index in [-0.39, 0.29) is 5.56 Å². The summed E-state index contributed by atoms with van der Waals surface area (Å²) in [6.07, 6.45) is 1.68. The molecule has 1 aromatic carbocycles. The molecule has 0 fully saturated rings. The van der Waals surface area contributed by atoms with Gasteiger partial charge in [0, 0.05) is 11.8 Å². The lowest BCUT2D eigenvalue weighted by Crippen LogP contribution is -1.90. The zero-order chi connectivity index (χ0) is 11.5. The van der Waals surface area contributed by atoms with Gasteiger partial charge in [-0.3, -0.25) is 4.98 Å². The summed E-state index contributed by atoms with van der Waals surface area (Å²) in [6.45, 7) is 1.93. The van der Waals surface area contributed by atoms with Crippen molar-refractivity contribution in [2.45, 2.75) is 6.92 Å². The fourth-order valence-electron chi connectivity index (χ4n) is 1.55. The number of rotatable bonds is 1. The van der Waals surface area contributed by atoms with Gasteiger partial charge in [0.2, 0.25) is 0 Å². The van der Waals surface area contributed by atoms with Crippen LogP contribution in [0.25, 0.3) is 11.3 Å². The number of aryl methyl sites for hydroxylation is 1. The second kappa shape index (κ2) is 4.11. The molecule has 0 N–H and O–H groups in total. The van der Waals surface area contributed by atoms with Crippen molar-refractivity contribution in [2.24, 2.45) is 0 Å². The number of halogens is 1. The monoisotopic (exact) mass is 212 g/mol. The summed E-state index contributed by atoms with van der Waals surface area (Å²) in [7, 11) is 0. The molecular formula is C13H9FN2. The van der Waals surface area contributed by atoms with E-state index in [0.717, 1.165) is 16.8 Å². The first kappa shape index (κ1) is 10.3. The minimum Gasteiger partial charge on any atom is -0.256 e. The Kier molecular flexibility index (Phi) is 2.65. The predicted octanol–water partition coefficient (Wildman–Crippen LogP) is 3.07. The zero-order valence-corrected chi connectivity index (χ0v) is 8.74. The van der Waals surface area contributed by atoms with E-state index in [1.807, 2.05) is 25.1 Å². The van der Waals surface area contributed by atoms with Crippen LogP contribution in [0.3, 0.4) is 0 Å². The highest BCUT2D eigenvalue weighted by Gasteiger charge is 2.06. The largest absolute Gasteiger partial charge is 0.256 e. The van der Waals surface area contributed by atoms with Gasteiger partial charge < -0.3 is 0 Å². The molecule has 0 aliphatic carbocycles. The first-order chi connectivity index (χ1) is 7.72. The van der Waals surface area contributed by atoms with Crippen LogP contribution < -0.4 is 0 Å². The van der Waals surface area contributed by atoms with Crippen molar-refractivity contribution >= 4 is 0 Å². The predicted molar refractivity (Wildman–Crippen MR) is 59.1 cm³/mol. The molecule has 0 aliphatic rings. The van der Waals surface area contributed by atoms with Crippen molar-refractivity contribution in [3.05, 3.63) is 53.5 Å². The fraction of sp³-hybridized carbons (Fsp3) is 0.0769. The topological polar surface area (TPSA) is 36.7 Å². The van der Waals surface area contributed by atoms with Crippen LogP contribution in [-0.4, -0.2) is 4.98 Å². The number of nitriles is 1. The molecule has 0 saturated carbocycles. The van der Waals surface area contributed by atoms with Gasteiger partial charge in [0.05, 0.1) is 11.3 Å². The Labute approximate surface area is 93.0 Å². The molecule has 16 heavy (non-hydrogen) atoms. The van der Waals surface area contributed by atoms with E-state index in [4.69, 9.17) is 5.26 Å². The Hall–Kier alpha value is -2.21. The molecule has 2 aromatic rings. The second-order valence-electron chi connectivity index (χ2n) is 3.48. The molecule has 2 nitrogen and oxygen atoms in total. The van der Waals surface area contributed by atoms with Crippen molar-refractivity contribution in [3.63, 3.8) is 0 Å². The quantitative estimate of drug-likeness (QED) is 0.728. The molecule has 78 valence electrons. The van der Waals surface area contributed by atoms with E-state index in [2.05, 4.69) is 4.98 Å². The number of aromatic nitrogens is 1. The summed E-state index contributed by atoms with van der Waals surface area (Å²) < 4.78 is 13.1. The summed E-state index contributed by atoms with van der Waals surface area (Å²) in [6, 6.07) is 10.0. The molecule has 0 aliphatic heterocycles. The first-order valence-electron chi connectivity index (χ1n) is 4.84. The van der Waals surface area contributed by atoms with E-state index in [9.17, 15) is 4.39 Å². The van der Waals surface area contributed by atoms with Gasteiger partial charge >= 0.3 is 0 Å². The Morgan fingerprint density at radius 1 is 1.31 bits per heavy atom. The van der Waals surface area contributed by atoms with E-state index in [1.54, 1.807) is 12.3 Å². The maximum absolute atomic E-state index is 13.1. The maximum Gasteiger partial charge on any atom is 0.140 e. The van der Waals surface area contributed by atoms with Crippen molar-refractivity contribution in [1.29, 1.82) is 5.26 Å². The Balaban J connectivity index is 2.59. The molecule has 0 bridgehead atoms. The van der Waals surface area contributed by atoms with Crippen molar-refractivity contribution < 1.29 is 4.39 Å². The lowest BCUT2D eigenvalue weighted by Gasteiger charge is -2.04. The third-order valence-electron chi connectivity index (χ3n) is 2.37. The van der Waals surface area contributed by atoms with Gasteiger partial charge in [-0.1, -0.05) is 6.07 Å². The second-order valence-corrected chi connectivity index (χ2v) is 3.48. The number of benzene rings is 1. The maximum atomic E-state index is 13.1. The van der Waals surface area contributed by atoms with Crippen molar-refractivity contribution in [1.82, 2.24) is 4.98 Å². The van der Waals surface area contributed by atoms with Crippen LogP contribution in [0, 0.1) is 24.1 Å². The normalized spacial score (nSPS) is 9.81. The van der Waals surface area contributed by atoms with Crippen LogP contribution in [0.15, 0.2) is 36.5 Å². The minimum absolute atomic E-state index is 0.0440. The van der Waals surface area contributed by atoms with E-state index >= 15 is 0 Å². The summed E-state index contributed by atoms with van der Waals surface area (Å²) in [5, 5.41) is 8.75. The van der Waals surface area contributed by atoms with Crippen molar-refractivity contribution in [2.75, 3.05) is 0 Å². The average Bonchev–Trinajstić information content (AvgIpc) is 2.31. The van der Waals surface area contributed by atoms with Crippen LogP contribution in [-0.2, 0) is 0 Å². The molecular weight excluding hydrogens is 203 g/mol. The summed E-state index contributed by atoms with van der Waals surface area (Å²) in [4.78, 5) is 4.22. The Morgan fingerprint density at radius 2 is 2.12 bits per heavy atom. The van der Waals surface area contributed by atoms with Gasteiger partial charge in [-0.2, -0.15) is 5.26 Å². The van der Waals surface area contributed by atoms with Crippen molar-refractivity contribution in [3.8, 4) is 17.3 Å². The lowest BCUT2D eigenvalue weighted by molar-refractivity contribution is 0.624. The number of pyridine rings is 1. The molecule has 0 amide bonds. The van der Waals surface area contributed by atoms with Gasteiger partial charge in [-0.25, -0.2) is 4.39 Å². The highest BCUT2D eigenvalue weighted by molar-refractivity contribution is 5.64. The smallest absolute Gasteiger partial charge is 0.140 e. The molecule has 1 aromatic heterocycles. The first-order valence-corrected chi connectivity index (χ1v) is 4.84. The fourth-order valence-corrected chi connectivity index (χ4v) is 1.55. The standard InChI is InChI=1S/C13H9FN2/c1-9-3-2-6-16-13(9)10-4-5-12(14)11(7-10)8-15/h2-7H,1H3. The molecule has 0 radical (unpaired) electrons. The number of hydrogen-bond acceptors (Lipinski definition) is 2. The van der Waals surface area contributed by atoms with Crippen LogP contribution in [0.5, 0.6) is 0 Å². The van der Waals surface area contributed by atoms with Crippen LogP contribution in [0.1, 0.15) is 11.1 Å². The molecule has 0 unspecified atom stereocenters. The third kappa shape index (κ3) is 1.78. The summed E-state index contributed by atoms with van der Waals surface area (Å²) in [5.74, 6) is -0.500. The van der Waals surface area contributed by atoms with Gasteiger partial charge in [0.15, 0.2) is 0 Å². The van der Waals surface area contributed by atoms with Crippen LogP contribution in [0.2, 0.25) is 0 Å².